The highest BCUT2D eigenvalue weighted by molar-refractivity contribution is 6.69. The zero-order valence-corrected chi connectivity index (χ0v) is 13.3. The Morgan fingerprint density at radius 1 is 1.47 bits per heavy atom. The molecule has 0 aromatic heterocycles. The highest BCUT2D eigenvalue weighted by Crippen LogP contribution is 2.48. The van der Waals surface area contributed by atoms with Crippen molar-refractivity contribution in [3.8, 4) is 0 Å². The molecule has 1 aliphatic carbocycles. The summed E-state index contributed by atoms with van der Waals surface area (Å²) in [5.74, 6) is -0.836. The second-order valence-electron chi connectivity index (χ2n) is 6.15. The first-order valence-corrected chi connectivity index (χ1v) is 10.5. The lowest BCUT2D eigenvalue weighted by molar-refractivity contribution is -0.194. The first kappa shape index (κ1) is 14.7. The van der Waals surface area contributed by atoms with E-state index in [1.54, 1.807) is 0 Å². The van der Waals surface area contributed by atoms with Gasteiger partial charge >= 0.3 is 5.97 Å². The Labute approximate surface area is 116 Å². The summed E-state index contributed by atoms with van der Waals surface area (Å²) in [6.45, 7) is 9.36. The Morgan fingerprint density at radius 2 is 2.21 bits per heavy atom. The Balaban J connectivity index is 2.21. The highest BCUT2D eigenvalue weighted by Gasteiger charge is 2.54. The second-order valence-corrected chi connectivity index (χ2v) is 10.6. The number of ether oxygens (including phenoxy) is 2. The van der Waals surface area contributed by atoms with Crippen LogP contribution in [0.5, 0.6) is 0 Å². The predicted molar refractivity (Wildman–Crippen MR) is 75.2 cm³/mol. The Bertz CT molecular complexity index is 385. The van der Waals surface area contributed by atoms with E-state index in [4.69, 9.17) is 13.9 Å². The van der Waals surface area contributed by atoms with Gasteiger partial charge in [-0.1, -0.05) is 6.42 Å². The van der Waals surface area contributed by atoms with Crippen LogP contribution in [0.4, 0.5) is 0 Å². The van der Waals surface area contributed by atoms with Gasteiger partial charge in [0.1, 0.15) is 0 Å². The summed E-state index contributed by atoms with van der Waals surface area (Å²) in [7, 11) is -1.73. The van der Waals surface area contributed by atoms with Crippen LogP contribution in [0.25, 0.3) is 0 Å². The lowest BCUT2D eigenvalue weighted by atomic mass is 9.76. The van der Waals surface area contributed by atoms with E-state index in [-0.39, 0.29) is 11.9 Å². The first-order valence-electron chi connectivity index (χ1n) is 7.12. The average Bonchev–Trinajstić information content (AvgIpc) is 2.40. The van der Waals surface area contributed by atoms with Gasteiger partial charge in [-0.15, -0.1) is 0 Å². The largest absolute Gasteiger partial charge is 0.463 e. The normalized spacial score (nSPS) is 30.7. The van der Waals surface area contributed by atoms with E-state index in [1.165, 1.54) is 0 Å². The molecule has 0 bridgehead atoms. The molecule has 1 aliphatic heterocycles. The van der Waals surface area contributed by atoms with Crippen LogP contribution in [0.3, 0.4) is 0 Å². The number of carbonyl (C=O) groups excluding carboxylic acids is 1. The number of carbonyl (C=O) groups is 1. The van der Waals surface area contributed by atoms with Crippen molar-refractivity contribution < 1.29 is 18.7 Å². The molecule has 0 amide bonds. The van der Waals surface area contributed by atoms with Crippen LogP contribution in [-0.4, -0.2) is 33.3 Å². The van der Waals surface area contributed by atoms with Gasteiger partial charge in [0.25, 0.3) is 0 Å². The molecule has 1 fully saturated rings. The number of hydrogen-bond donors (Lipinski definition) is 0. The third-order valence-corrected chi connectivity index (χ3v) is 4.34. The number of rotatable bonds is 4. The third kappa shape index (κ3) is 3.09. The molecule has 0 N–H and O–H groups in total. The van der Waals surface area contributed by atoms with Crippen LogP contribution < -0.4 is 0 Å². The van der Waals surface area contributed by atoms with Crippen LogP contribution in [0, 0.1) is 5.92 Å². The summed E-state index contributed by atoms with van der Waals surface area (Å²) in [4.78, 5) is 11.9. The maximum atomic E-state index is 11.9. The molecule has 108 valence electrons. The van der Waals surface area contributed by atoms with Gasteiger partial charge in [-0.05, 0) is 45.5 Å². The van der Waals surface area contributed by atoms with Crippen molar-refractivity contribution in [3.63, 3.8) is 0 Å². The van der Waals surface area contributed by atoms with Gasteiger partial charge in [-0.25, -0.2) is 4.79 Å². The standard InChI is InChI=1S/C14H24O4Si/c1-5-16-13(15)11-10-14(18-19(2,3)4)12(11)8-6-7-9-17-14/h10,12H,5-9H2,1-4H3/t12-,14-/m0/s1. The minimum atomic E-state index is -1.73. The van der Waals surface area contributed by atoms with Gasteiger partial charge in [0, 0.05) is 11.5 Å². The monoisotopic (exact) mass is 284 g/mol. The Morgan fingerprint density at radius 3 is 2.84 bits per heavy atom. The third-order valence-electron chi connectivity index (χ3n) is 3.41. The van der Waals surface area contributed by atoms with Gasteiger partial charge in [0.05, 0.1) is 13.2 Å². The summed E-state index contributed by atoms with van der Waals surface area (Å²) in [6, 6.07) is 0. The van der Waals surface area contributed by atoms with Crippen molar-refractivity contribution >= 4 is 14.3 Å². The van der Waals surface area contributed by atoms with E-state index < -0.39 is 14.1 Å². The van der Waals surface area contributed by atoms with Crippen LogP contribution in [-0.2, 0) is 18.7 Å². The number of esters is 1. The number of fused-ring (bicyclic) bond motifs is 1. The highest BCUT2D eigenvalue weighted by atomic mass is 28.4. The average molecular weight is 284 g/mol. The van der Waals surface area contributed by atoms with Crippen LogP contribution in [0.15, 0.2) is 11.6 Å². The smallest absolute Gasteiger partial charge is 0.334 e. The van der Waals surface area contributed by atoms with Crippen LogP contribution >= 0.6 is 0 Å². The van der Waals surface area contributed by atoms with Gasteiger partial charge in [-0.3, -0.25) is 0 Å². The van der Waals surface area contributed by atoms with Crippen molar-refractivity contribution in [3.05, 3.63) is 11.6 Å². The maximum absolute atomic E-state index is 11.9. The van der Waals surface area contributed by atoms with Crippen molar-refractivity contribution in [2.75, 3.05) is 13.2 Å². The molecular formula is C14H24O4Si. The summed E-state index contributed by atoms with van der Waals surface area (Å²) in [5.41, 5.74) is 0.738. The molecule has 5 heteroatoms. The molecule has 2 atom stereocenters. The molecule has 0 radical (unpaired) electrons. The summed E-state index contributed by atoms with van der Waals surface area (Å²) >= 11 is 0. The molecule has 1 saturated heterocycles. The summed E-state index contributed by atoms with van der Waals surface area (Å²) < 4.78 is 17.3. The van der Waals surface area contributed by atoms with Crippen molar-refractivity contribution in [2.24, 2.45) is 5.92 Å². The zero-order chi connectivity index (χ0) is 14.1. The fourth-order valence-corrected chi connectivity index (χ4v) is 3.96. The predicted octanol–water partition coefficient (Wildman–Crippen LogP) is 2.85. The fraction of sp³-hybridized carbons (Fsp3) is 0.786. The van der Waals surface area contributed by atoms with Gasteiger partial charge in [0.2, 0.25) is 0 Å². The second kappa shape index (κ2) is 5.38. The zero-order valence-electron chi connectivity index (χ0n) is 12.3. The van der Waals surface area contributed by atoms with E-state index in [2.05, 4.69) is 19.6 Å². The van der Waals surface area contributed by atoms with Gasteiger partial charge in [-0.2, -0.15) is 0 Å². The molecule has 2 rings (SSSR count). The molecule has 4 nitrogen and oxygen atoms in total. The minimum absolute atomic E-state index is 0.0424. The summed E-state index contributed by atoms with van der Waals surface area (Å²) in [6.07, 6.45) is 4.88. The fourth-order valence-electron chi connectivity index (χ4n) is 2.74. The lowest BCUT2D eigenvalue weighted by Crippen LogP contribution is -2.55. The molecule has 0 aromatic rings. The molecule has 0 saturated carbocycles. The van der Waals surface area contributed by atoms with Crippen LogP contribution in [0.1, 0.15) is 26.2 Å². The maximum Gasteiger partial charge on any atom is 0.334 e. The molecule has 2 aliphatic rings. The Hall–Kier alpha value is -0.653. The molecule has 0 aromatic carbocycles. The van der Waals surface area contributed by atoms with E-state index >= 15 is 0 Å². The van der Waals surface area contributed by atoms with Crippen molar-refractivity contribution in [1.82, 2.24) is 0 Å². The lowest BCUT2D eigenvalue weighted by Gasteiger charge is -2.47. The van der Waals surface area contributed by atoms with Crippen LogP contribution in [0.2, 0.25) is 19.6 Å². The SMILES string of the molecule is CCOC(=O)C1=C[C@@]2(O[Si](C)(C)C)OCCCC[C@@H]12. The van der Waals surface area contributed by atoms with Gasteiger partial charge < -0.3 is 13.9 Å². The quantitative estimate of drug-likeness (QED) is 0.588. The molecule has 1 heterocycles. The van der Waals surface area contributed by atoms with E-state index in [9.17, 15) is 4.79 Å². The molecular weight excluding hydrogens is 260 g/mol. The van der Waals surface area contributed by atoms with E-state index in [0.29, 0.717) is 13.2 Å². The van der Waals surface area contributed by atoms with Crippen molar-refractivity contribution in [2.45, 2.75) is 51.6 Å². The molecule has 0 unspecified atom stereocenters. The van der Waals surface area contributed by atoms with E-state index in [0.717, 1.165) is 24.8 Å². The number of hydrogen-bond acceptors (Lipinski definition) is 4. The van der Waals surface area contributed by atoms with Gasteiger partial charge in [0.15, 0.2) is 14.1 Å². The Kier molecular flexibility index (Phi) is 4.18. The summed E-state index contributed by atoms with van der Waals surface area (Å²) in [5, 5.41) is 0. The molecule has 0 spiro atoms. The minimum Gasteiger partial charge on any atom is -0.463 e. The topological polar surface area (TPSA) is 44.8 Å². The first-order chi connectivity index (χ1) is 8.88. The molecule has 19 heavy (non-hydrogen) atoms. The van der Waals surface area contributed by atoms with E-state index in [1.807, 2.05) is 13.0 Å². The van der Waals surface area contributed by atoms with Crippen molar-refractivity contribution in [1.29, 1.82) is 0 Å².